The SMILES string of the molecule is CCNC(=NCC1CCN(c2ccccc2OC)C1)NC1CCS(=O)(=O)C1.I. The van der Waals surface area contributed by atoms with E-state index in [9.17, 15) is 8.42 Å². The van der Waals surface area contributed by atoms with Crippen molar-refractivity contribution in [2.24, 2.45) is 10.9 Å². The first-order chi connectivity index (χ1) is 13.0. The summed E-state index contributed by atoms with van der Waals surface area (Å²) in [4.78, 5) is 7.07. The predicted octanol–water partition coefficient (Wildman–Crippen LogP) is 1.88. The number of guanidine groups is 1. The van der Waals surface area contributed by atoms with Crippen LogP contribution in [0.15, 0.2) is 29.3 Å². The maximum atomic E-state index is 11.7. The molecule has 0 aromatic heterocycles. The molecule has 2 aliphatic heterocycles. The lowest BCUT2D eigenvalue weighted by Gasteiger charge is -2.21. The Kier molecular flexibility index (Phi) is 8.66. The minimum atomic E-state index is -2.89. The van der Waals surface area contributed by atoms with E-state index in [4.69, 9.17) is 9.73 Å². The number of para-hydroxylation sites is 2. The number of sulfone groups is 1. The molecule has 2 saturated heterocycles. The van der Waals surface area contributed by atoms with E-state index in [0.717, 1.165) is 50.0 Å². The van der Waals surface area contributed by atoms with Crippen LogP contribution in [0.2, 0.25) is 0 Å². The number of hydrogen-bond donors (Lipinski definition) is 2. The van der Waals surface area contributed by atoms with Crippen LogP contribution in [-0.4, -0.2) is 65.2 Å². The van der Waals surface area contributed by atoms with Gasteiger partial charge in [0.2, 0.25) is 0 Å². The first kappa shape index (κ1) is 23.1. The monoisotopic (exact) mass is 522 g/mol. The number of nitrogens with zero attached hydrogens (tertiary/aromatic N) is 2. The molecule has 2 N–H and O–H groups in total. The van der Waals surface area contributed by atoms with Crippen LogP contribution in [0, 0.1) is 5.92 Å². The minimum Gasteiger partial charge on any atom is -0.495 e. The van der Waals surface area contributed by atoms with E-state index in [-0.39, 0.29) is 41.5 Å². The van der Waals surface area contributed by atoms with Gasteiger partial charge in [-0.05, 0) is 37.8 Å². The molecule has 0 aliphatic carbocycles. The van der Waals surface area contributed by atoms with Gasteiger partial charge in [0, 0.05) is 32.2 Å². The normalized spacial score (nSPS) is 23.9. The topological polar surface area (TPSA) is 83.0 Å². The van der Waals surface area contributed by atoms with E-state index in [1.165, 1.54) is 0 Å². The zero-order valence-electron chi connectivity index (χ0n) is 16.6. The summed E-state index contributed by atoms with van der Waals surface area (Å²) in [6.45, 7) is 5.43. The maximum Gasteiger partial charge on any atom is 0.191 e. The second-order valence-corrected chi connectivity index (χ2v) is 9.47. The van der Waals surface area contributed by atoms with Crippen molar-refractivity contribution in [1.82, 2.24) is 10.6 Å². The first-order valence-electron chi connectivity index (χ1n) is 9.64. The van der Waals surface area contributed by atoms with E-state index >= 15 is 0 Å². The number of hydrogen-bond acceptors (Lipinski definition) is 5. The molecule has 0 radical (unpaired) electrons. The molecule has 2 unspecified atom stereocenters. The van der Waals surface area contributed by atoms with Crippen molar-refractivity contribution < 1.29 is 13.2 Å². The molecule has 0 bridgehead atoms. The fraction of sp³-hybridized carbons (Fsp3) is 0.632. The number of anilines is 1. The average molecular weight is 522 g/mol. The largest absolute Gasteiger partial charge is 0.495 e. The average Bonchev–Trinajstić information content (AvgIpc) is 3.26. The second kappa shape index (κ2) is 10.5. The van der Waals surface area contributed by atoms with Crippen LogP contribution in [0.25, 0.3) is 0 Å². The van der Waals surface area contributed by atoms with Gasteiger partial charge in [-0.2, -0.15) is 0 Å². The summed E-state index contributed by atoms with van der Waals surface area (Å²) < 4.78 is 28.8. The summed E-state index contributed by atoms with van der Waals surface area (Å²) in [7, 11) is -1.19. The van der Waals surface area contributed by atoms with Crippen molar-refractivity contribution in [2.45, 2.75) is 25.8 Å². The van der Waals surface area contributed by atoms with Gasteiger partial charge in [-0.1, -0.05) is 12.1 Å². The third kappa shape index (κ3) is 6.13. The summed E-state index contributed by atoms with van der Waals surface area (Å²) in [5.74, 6) is 2.55. The maximum absolute atomic E-state index is 11.7. The van der Waals surface area contributed by atoms with Crippen LogP contribution in [0.3, 0.4) is 0 Å². The highest BCUT2D eigenvalue weighted by atomic mass is 127. The molecule has 0 saturated carbocycles. The number of aliphatic imine (C=N–C) groups is 1. The summed E-state index contributed by atoms with van der Waals surface area (Å²) in [5, 5.41) is 6.52. The number of methoxy groups -OCH3 is 1. The van der Waals surface area contributed by atoms with Gasteiger partial charge < -0.3 is 20.3 Å². The Morgan fingerprint density at radius 1 is 1.32 bits per heavy atom. The van der Waals surface area contributed by atoms with Crippen LogP contribution in [-0.2, 0) is 9.84 Å². The van der Waals surface area contributed by atoms with E-state index in [1.54, 1.807) is 7.11 Å². The van der Waals surface area contributed by atoms with Gasteiger partial charge in [0.05, 0.1) is 24.3 Å². The number of nitrogens with one attached hydrogen (secondary N) is 2. The number of ether oxygens (including phenoxy) is 1. The fourth-order valence-corrected chi connectivity index (χ4v) is 5.41. The third-order valence-corrected chi connectivity index (χ3v) is 6.90. The highest BCUT2D eigenvalue weighted by molar-refractivity contribution is 14.0. The van der Waals surface area contributed by atoms with E-state index in [2.05, 4.69) is 21.6 Å². The van der Waals surface area contributed by atoms with Crippen LogP contribution in [0.5, 0.6) is 5.75 Å². The van der Waals surface area contributed by atoms with Crippen molar-refractivity contribution >= 4 is 45.5 Å². The molecule has 2 heterocycles. The van der Waals surface area contributed by atoms with Crippen molar-refractivity contribution in [2.75, 3.05) is 49.7 Å². The Balaban J connectivity index is 0.00000280. The van der Waals surface area contributed by atoms with E-state index in [1.807, 2.05) is 25.1 Å². The molecule has 1 aromatic rings. The van der Waals surface area contributed by atoms with Crippen LogP contribution in [0.1, 0.15) is 19.8 Å². The van der Waals surface area contributed by atoms with E-state index in [0.29, 0.717) is 12.3 Å². The quantitative estimate of drug-likeness (QED) is 0.338. The molecule has 3 rings (SSSR count). The summed E-state index contributed by atoms with van der Waals surface area (Å²) in [5.41, 5.74) is 1.13. The third-order valence-electron chi connectivity index (χ3n) is 5.14. The molecule has 158 valence electrons. The van der Waals surface area contributed by atoms with Crippen molar-refractivity contribution in [3.05, 3.63) is 24.3 Å². The molecule has 0 spiro atoms. The number of rotatable bonds is 6. The Bertz CT molecular complexity index is 772. The molecule has 2 aliphatic rings. The van der Waals surface area contributed by atoms with Gasteiger partial charge >= 0.3 is 0 Å². The lowest BCUT2D eigenvalue weighted by Crippen LogP contribution is -2.44. The van der Waals surface area contributed by atoms with Crippen molar-refractivity contribution in [1.29, 1.82) is 0 Å². The molecule has 7 nitrogen and oxygen atoms in total. The van der Waals surface area contributed by atoms with Crippen LogP contribution < -0.4 is 20.3 Å². The van der Waals surface area contributed by atoms with Gasteiger partial charge in [-0.25, -0.2) is 8.42 Å². The van der Waals surface area contributed by atoms with E-state index < -0.39 is 9.84 Å². The Morgan fingerprint density at radius 3 is 2.79 bits per heavy atom. The molecular weight excluding hydrogens is 491 g/mol. The standard InChI is InChI=1S/C19H30N4O3S.HI/c1-3-20-19(22-16-9-11-27(24,25)14-16)21-12-15-8-10-23(13-15)17-6-4-5-7-18(17)26-2;/h4-7,15-16H,3,8-14H2,1-2H3,(H2,20,21,22);1H. The van der Waals surface area contributed by atoms with Gasteiger partial charge in [0.1, 0.15) is 5.75 Å². The molecule has 2 fully saturated rings. The lowest BCUT2D eigenvalue weighted by atomic mass is 10.1. The fourth-order valence-electron chi connectivity index (χ4n) is 3.73. The van der Waals surface area contributed by atoms with Gasteiger partial charge in [-0.15, -0.1) is 24.0 Å². The zero-order chi connectivity index (χ0) is 19.3. The zero-order valence-corrected chi connectivity index (χ0v) is 19.7. The highest BCUT2D eigenvalue weighted by Crippen LogP contribution is 2.31. The molecule has 2 atom stereocenters. The van der Waals surface area contributed by atoms with Crippen molar-refractivity contribution in [3.63, 3.8) is 0 Å². The molecular formula is C19H31IN4O3S. The highest BCUT2D eigenvalue weighted by Gasteiger charge is 2.29. The smallest absolute Gasteiger partial charge is 0.191 e. The van der Waals surface area contributed by atoms with Crippen LogP contribution >= 0.6 is 24.0 Å². The predicted molar refractivity (Wildman–Crippen MR) is 125 cm³/mol. The van der Waals surface area contributed by atoms with Gasteiger partial charge in [0.25, 0.3) is 0 Å². The van der Waals surface area contributed by atoms with Gasteiger partial charge in [-0.3, -0.25) is 4.99 Å². The molecule has 28 heavy (non-hydrogen) atoms. The Hall–Kier alpha value is -1.23. The van der Waals surface area contributed by atoms with Crippen molar-refractivity contribution in [3.8, 4) is 5.75 Å². The second-order valence-electron chi connectivity index (χ2n) is 7.24. The first-order valence-corrected chi connectivity index (χ1v) is 11.5. The number of benzene rings is 1. The number of halogens is 1. The molecule has 9 heteroatoms. The van der Waals surface area contributed by atoms with Crippen LogP contribution in [0.4, 0.5) is 5.69 Å². The molecule has 1 aromatic carbocycles. The Morgan fingerprint density at radius 2 is 2.11 bits per heavy atom. The summed E-state index contributed by atoms with van der Waals surface area (Å²) in [6.07, 6.45) is 1.73. The summed E-state index contributed by atoms with van der Waals surface area (Å²) >= 11 is 0. The lowest BCUT2D eigenvalue weighted by molar-refractivity contribution is 0.414. The summed E-state index contributed by atoms with van der Waals surface area (Å²) in [6, 6.07) is 8.06. The molecule has 0 amide bonds. The Labute approximate surface area is 185 Å². The van der Waals surface area contributed by atoms with Gasteiger partial charge in [0.15, 0.2) is 15.8 Å². The minimum absolute atomic E-state index is 0.